The Labute approximate surface area is 151 Å². The van der Waals surface area contributed by atoms with Gasteiger partial charge in [-0.15, -0.1) is 0 Å². The number of hydrogen-bond donors (Lipinski definition) is 1. The van der Waals surface area contributed by atoms with Gasteiger partial charge >= 0.3 is 5.97 Å². The van der Waals surface area contributed by atoms with Gasteiger partial charge in [-0.1, -0.05) is 48.5 Å². The van der Waals surface area contributed by atoms with Crippen molar-refractivity contribution < 1.29 is 14.3 Å². The lowest BCUT2D eigenvalue weighted by Crippen LogP contribution is -2.39. The molecule has 0 aromatic heterocycles. The molecular formula is C22H20FNO2. The van der Waals surface area contributed by atoms with Crippen molar-refractivity contribution in [1.82, 2.24) is 4.90 Å². The third kappa shape index (κ3) is 3.08. The second-order valence-corrected chi connectivity index (χ2v) is 6.80. The van der Waals surface area contributed by atoms with Crippen LogP contribution in [0.4, 0.5) is 4.39 Å². The van der Waals surface area contributed by atoms with Gasteiger partial charge in [0.25, 0.3) is 0 Å². The Balaban J connectivity index is 1.85. The number of rotatable bonds is 4. The average Bonchev–Trinajstić information content (AvgIpc) is 3.11. The number of carbonyl (C=O) groups is 1. The van der Waals surface area contributed by atoms with E-state index in [9.17, 15) is 14.3 Å². The van der Waals surface area contributed by atoms with Crippen LogP contribution in [0, 0.1) is 5.82 Å². The van der Waals surface area contributed by atoms with Crippen LogP contribution in [0.1, 0.15) is 30.0 Å². The van der Waals surface area contributed by atoms with Crippen LogP contribution < -0.4 is 0 Å². The molecule has 26 heavy (non-hydrogen) atoms. The molecule has 1 aliphatic heterocycles. The molecule has 3 nitrogen and oxygen atoms in total. The lowest BCUT2D eigenvalue weighted by Gasteiger charge is -2.32. The van der Waals surface area contributed by atoms with E-state index in [0.29, 0.717) is 13.0 Å². The second-order valence-electron chi connectivity index (χ2n) is 6.80. The van der Waals surface area contributed by atoms with Crippen LogP contribution in [0.3, 0.4) is 0 Å². The topological polar surface area (TPSA) is 40.5 Å². The SMILES string of the molecule is O=C(O)C1CCCN1C(c1cccc(F)c1)c1ccc2ccccc2c1. The molecular weight excluding hydrogens is 329 g/mol. The van der Waals surface area contributed by atoms with Crippen LogP contribution in [-0.2, 0) is 4.79 Å². The van der Waals surface area contributed by atoms with Gasteiger partial charge in [0.15, 0.2) is 0 Å². The first-order valence-electron chi connectivity index (χ1n) is 8.86. The largest absolute Gasteiger partial charge is 0.480 e. The van der Waals surface area contributed by atoms with E-state index in [1.54, 1.807) is 6.07 Å². The molecule has 2 atom stereocenters. The highest BCUT2D eigenvalue weighted by molar-refractivity contribution is 5.83. The summed E-state index contributed by atoms with van der Waals surface area (Å²) in [5.74, 6) is -1.12. The predicted octanol–water partition coefficient (Wildman–Crippen LogP) is 4.62. The lowest BCUT2D eigenvalue weighted by atomic mass is 9.94. The minimum atomic E-state index is -0.815. The summed E-state index contributed by atoms with van der Waals surface area (Å²) in [6, 6.07) is 19.9. The van der Waals surface area contributed by atoms with Gasteiger partial charge in [0.05, 0.1) is 6.04 Å². The van der Waals surface area contributed by atoms with Crippen LogP contribution in [-0.4, -0.2) is 28.6 Å². The maximum absolute atomic E-state index is 13.9. The molecule has 3 aromatic rings. The van der Waals surface area contributed by atoms with E-state index >= 15 is 0 Å². The molecule has 132 valence electrons. The highest BCUT2D eigenvalue weighted by atomic mass is 19.1. The highest BCUT2D eigenvalue weighted by Crippen LogP contribution is 2.36. The number of carboxylic acid groups (broad SMARTS) is 1. The molecule has 4 heteroatoms. The van der Waals surface area contributed by atoms with E-state index in [1.807, 2.05) is 47.4 Å². The number of halogens is 1. The highest BCUT2D eigenvalue weighted by Gasteiger charge is 2.36. The van der Waals surface area contributed by atoms with Crippen LogP contribution in [0.5, 0.6) is 0 Å². The molecule has 0 spiro atoms. The first-order chi connectivity index (χ1) is 12.6. The first-order valence-corrected chi connectivity index (χ1v) is 8.86. The van der Waals surface area contributed by atoms with Crippen molar-refractivity contribution in [2.45, 2.75) is 24.9 Å². The summed E-state index contributed by atoms with van der Waals surface area (Å²) >= 11 is 0. The smallest absolute Gasteiger partial charge is 0.320 e. The number of hydrogen-bond acceptors (Lipinski definition) is 2. The lowest BCUT2D eigenvalue weighted by molar-refractivity contribution is -0.142. The molecule has 0 amide bonds. The Morgan fingerprint density at radius 2 is 1.77 bits per heavy atom. The summed E-state index contributed by atoms with van der Waals surface area (Å²) in [6.07, 6.45) is 1.45. The van der Waals surface area contributed by atoms with Gasteiger partial charge in [-0.2, -0.15) is 0 Å². The minimum Gasteiger partial charge on any atom is -0.480 e. The van der Waals surface area contributed by atoms with Gasteiger partial charge in [0, 0.05) is 6.54 Å². The zero-order chi connectivity index (χ0) is 18.1. The van der Waals surface area contributed by atoms with Gasteiger partial charge in [-0.3, -0.25) is 9.69 Å². The van der Waals surface area contributed by atoms with Gasteiger partial charge in [-0.25, -0.2) is 4.39 Å². The Hall–Kier alpha value is -2.72. The van der Waals surface area contributed by atoms with Crippen molar-refractivity contribution in [3.8, 4) is 0 Å². The van der Waals surface area contributed by atoms with Gasteiger partial charge in [0.2, 0.25) is 0 Å². The fraction of sp³-hybridized carbons (Fsp3) is 0.227. The van der Waals surface area contributed by atoms with E-state index in [1.165, 1.54) is 12.1 Å². The fourth-order valence-corrected chi connectivity index (χ4v) is 3.99. The van der Waals surface area contributed by atoms with E-state index in [0.717, 1.165) is 28.3 Å². The van der Waals surface area contributed by atoms with Gasteiger partial charge < -0.3 is 5.11 Å². The predicted molar refractivity (Wildman–Crippen MR) is 99.6 cm³/mol. The number of carboxylic acids is 1. The fourth-order valence-electron chi connectivity index (χ4n) is 3.99. The molecule has 1 saturated heterocycles. The minimum absolute atomic E-state index is 0.279. The molecule has 1 fully saturated rings. The molecule has 1 heterocycles. The van der Waals surface area contributed by atoms with E-state index in [4.69, 9.17) is 0 Å². The van der Waals surface area contributed by atoms with Crippen LogP contribution in [0.2, 0.25) is 0 Å². The zero-order valence-electron chi connectivity index (χ0n) is 14.3. The molecule has 0 radical (unpaired) electrons. The van der Waals surface area contributed by atoms with E-state index < -0.39 is 12.0 Å². The van der Waals surface area contributed by atoms with Crippen LogP contribution in [0.25, 0.3) is 10.8 Å². The number of fused-ring (bicyclic) bond motifs is 1. The zero-order valence-corrected chi connectivity index (χ0v) is 14.3. The molecule has 0 bridgehead atoms. The van der Waals surface area contributed by atoms with Crippen molar-refractivity contribution in [3.05, 3.63) is 83.7 Å². The van der Waals surface area contributed by atoms with Gasteiger partial charge in [0.1, 0.15) is 11.9 Å². The van der Waals surface area contributed by atoms with Crippen LogP contribution >= 0.6 is 0 Å². The summed E-state index contributed by atoms with van der Waals surface area (Å²) < 4.78 is 13.9. The maximum atomic E-state index is 13.9. The molecule has 4 rings (SSSR count). The summed E-state index contributed by atoms with van der Waals surface area (Å²) in [5, 5.41) is 11.9. The first kappa shape index (κ1) is 16.7. The number of nitrogens with zero attached hydrogens (tertiary/aromatic N) is 1. The third-order valence-corrected chi connectivity index (χ3v) is 5.16. The average molecular weight is 349 g/mol. The number of aliphatic carboxylic acids is 1. The molecule has 2 unspecified atom stereocenters. The van der Waals surface area contributed by atoms with Crippen molar-refractivity contribution in [1.29, 1.82) is 0 Å². The number of benzene rings is 3. The van der Waals surface area contributed by atoms with Crippen LogP contribution in [0.15, 0.2) is 66.7 Å². The quantitative estimate of drug-likeness (QED) is 0.747. The molecule has 0 saturated carbocycles. The summed E-state index contributed by atoms with van der Waals surface area (Å²) in [4.78, 5) is 13.7. The summed E-state index contributed by atoms with van der Waals surface area (Å²) in [6.45, 7) is 0.685. The second kappa shape index (κ2) is 6.89. The Bertz CT molecular complexity index is 956. The summed E-state index contributed by atoms with van der Waals surface area (Å²) in [5.41, 5.74) is 1.77. The van der Waals surface area contributed by atoms with Crippen molar-refractivity contribution in [2.75, 3.05) is 6.54 Å². The Morgan fingerprint density at radius 3 is 2.54 bits per heavy atom. The normalized spacial score (nSPS) is 18.9. The van der Waals surface area contributed by atoms with Crippen molar-refractivity contribution >= 4 is 16.7 Å². The molecule has 1 N–H and O–H groups in total. The monoisotopic (exact) mass is 349 g/mol. The molecule has 1 aliphatic rings. The Kier molecular flexibility index (Phi) is 4.43. The van der Waals surface area contributed by atoms with Gasteiger partial charge in [-0.05, 0) is 52.9 Å². The Morgan fingerprint density at radius 1 is 1.00 bits per heavy atom. The molecule has 3 aromatic carbocycles. The van der Waals surface area contributed by atoms with E-state index in [-0.39, 0.29) is 11.9 Å². The maximum Gasteiger partial charge on any atom is 0.320 e. The summed E-state index contributed by atoms with van der Waals surface area (Å²) in [7, 11) is 0. The van der Waals surface area contributed by atoms with Crippen molar-refractivity contribution in [3.63, 3.8) is 0 Å². The third-order valence-electron chi connectivity index (χ3n) is 5.16. The van der Waals surface area contributed by atoms with E-state index in [2.05, 4.69) is 6.07 Å². The standard InChI is InChI=1S/C22H20FNO2/c23-19-8-3-7-17(14-19)21(24-12-4-9-20(24)22(25)26)18-11-10-15-5-1-2-6-16(15)13-18/h1-3,5-8,10-11,13-14,20-21H,4,9,12H2,(H,25,26). The molecule has 0 aliphatic carbocycles. The van der Waals surface area contributed by atoms with Crippen molar-refractivity contribution in [2.24, 2.45) is 0 Å². The number of likely N-dealkylation sites (tertiary alicyclic amines) is 1.